The highest BCUT2D eigenvalue weighted by atomic mass is 16.1. The van der Waals surface area contributed by atoms with Gasteiger partial charge in [0.1, 0.15) is 5.69 Å². The van der Waals surface area contributed by atoms with Crippen molar-refractivity contribution in [2.24, 2.45) is 5.92 Å². The summed E-state index contributed by atoms with van der Waals surface area (Å²) in [6, 6.07) is 10.7. The Kier molecular flexibility index (Phi) is 4.48. The Morgan fingerprint density at radius 1 is 1.17 bits per heavy atom. The molecule has 1 aliphatic carbocycles. The fourth-order valence-corrected chi connectivity index (χ4v) is 4.17. The third-order valence-electron chi connectivity index (χ3n) is 5.57. The van der Waals surface area contributed by atoms with Crippen LogP contribution in [-0.4, -0.2) is 41.5 Å². The number of carbonyl (C=O) groups excluding carboxylic acids is 1. The Labute approximate surface area is 143 Å². The van der Waals surface area contributed by atoms with Crippen LogP contribution in [0.5, 0.6) is 0 Å². The van der Waals surface area contributed by atoms with Crippen LogP contribution in [0, 0.1) is 5.92 Å². The first-order valence-corrected chi connectivity index (χ1v) is 9.16. The fraction of sp³-hybridized carbons (Fsp3) is 0.500. The van der Waals surface area contributed by atoms with Crippen LogP contribution in [0.3, 0.4) is 0 Å². The summed E-state index contributed by atoms with van der Waals surface area (Å²) < 4.78 is 0. The van der Waals surface area contributed by atoms with E-state index >= 15 is 0 Å². The number of amides is 1. The topological polar surface area (TPSA) is 45.2 Å². The van der Waals surface area contributed by atoms with E-state index in [9.17, 15) is 4.79 Å². The molecule has 1 N–H and O–H groups in total. The normalized spacial score (nSPS) is 22.2. The van der Waals surface area contributed by atoms with Gasteiger partial charge in [0.25, 0.3) is 5.91 Å². The van der Waals surface area contributed by atoms with E-state index in [1.54, 1.807) is 6.20 Å². The number of nitrogens with zero attached hydrogens (tertiary/aromatic N) is 2. The van der Waals surface area contributed by atoms with Crippen LogP contribution in [-0.2, 0) is 0 Å². The number of benzene rings is 1. The van der Waals surface area contributed by atoms with Gasteiger partial charge < -0.3 is 10.2 Å². The first kappa shape index (κ1) is 15.6. The van der Waals surface area contributed by atoms with E-state index in [2.05, 4.69) is 15.2 Å². The van der Waals surface area contributed by atoms with Crippen molar-refractivity contribution >= 4 is 16.7 Å². The second-order valence-electron chi connectivity index (χ2n) is 7.21. The van der Waals surface area contributed by atoms with Crippen molar-refractivity contribution in [1.29, 1.82) is 0 Å². The Morgan fingerprint density at radius 2 is 1.96 bits per heavy atom. The molecule has 4 nitrogen and oxygen atoms in total. The quantitative estimate of drug-likeness (QED) is 0.939. The number of nitrogens with one attached hydrogen (secondary N) is 1. The molecule has 1 saturated carbocycles. The van der Waals surface area contributed by atoms with Gasteiger partial charge in [0.05, 0.1) is 0 Å². The highest BCUT2D eigenvalue weighted by Crippen LogP contribution is 2.28. The van der Waals surface area contributed by atoms with Crippen molar-refractivity contribution in [1.82, 2.24) is 15.2 Å². The van der Waals surface area contributed by atoms with E-state index < -0.39 is 0 Å². The van der Waals surface area contributed by atoms with Gasteiger partial charge in [-0.15, -0.1) is 0 Å². The monoisotopic (exact) mass is 323 g/mol. The fourth-order valence-electron chi connectivity index (χ4n) is 4.17. The Balaban J connectivity index is 1.32. The largest absolute Gasteiger partial charge is 0.350 e. The summed E-state index contributed by atoms with van der Waals surface area (Å²) in [6.07, 6.45) is 8.47. The van der Waals surface area contributed by atoms with Gasteiger partial charge in [0, 0.05) is 30.7 Å². The molecule has 4 rings (SSSR count). The summed E-state index contributed by atoms with van der Waals surface area (Å²) in [4.78, 5) is 19.3. The van der Waals surface area contributed by atoms with Gasteiger partial charge in [-0.1, -0.05) is 37.1 Å². The van der Waals surface area contributed by atoms with E-state index in [1.807, 2.05) is 30.3 Å². The highest BCUT2D eigenvalue weighted by Gasteiger charge is 2.30. The molecule has 0 spiro atoms. The van der Waals surface area contributed by atoms with Crippen LogP contribution < -0.4 is 5.32 Å². The Morgan fingerprint density at radius 3 is 2.79 bits per heavy atom. The summed E-state index contributed by atoms with van der Waals surface area (Å²) in [5, 5.41) is 5.22. The first-order chi connectivity index (χ1) is 11.8. The predicted molar refractivity (Wildman–Crippen MR) is 96.0 cm³/mol. The molecule has 2 aliphatic rings. The lowest BCUT2D eigenvalue weighted by Crippen LogP contribution is -2.34. The number of fused-ring (bicyclic) bond motifs is 1. The number of pyridine rings is 1. The Hall–Kier alpha value is -1.94. The molecule has 1 aromatic heterocycles. The predicted octanol–water partition coefficient (Wildman–Crippen LogP) is 3.23. The maximum atomic E-state index is 12.4. The van der Waals surface area contributed by atoms with Gasteiger partial charge in [0.2, 0.25) is 0 Å². The zero-order valence-corrected chi connectivity index (χ0v) is 14.1. The maximum absolute atomic E-state index is 12.4. The first-order valence-electron chi connectivity index (χ1n) is 9.16. The van der Waals surface area contributed by atoms with Gasteiger partial charge in [-0.05, 0) is 43.2 Å². The molecule has 126 valence electrons. The van der Waals surface area contributed by atoms with E-state index in [0.717, 1.165) is 29.9 Å². The van der Waals surface area contributed by atoms with Gasteiger partial charge in [-0.25, -0.2) is 0 Å². The van der Waals surface area contributed by atoms with E-state index in [1.165, 1.54) is 38.6 Å². The van der Waals surface area contributed by atoms with Crippen molar-refractivity contribution in [2.45, 2.75) is 38.1 Å². The summed E-state index contributed by atoms with van der Waals surface area (Å²) in [6.45, 7) is 3.09. The minimum absolute atomic E-state index is 0.0555. The lowest BCUT2D eigenvalue weighted by atomic mass is 10.1. The zero-order valence-electron chi connectivity index (χ0n) is 14.1. The smallest absolute Gasteiger partial charge is 0.269 e. The molecular weight excluding hydrogens is 298 g/mol. The van der Waals surface area contributed by atoms with Crippen LogP contribution >= 0.6 is 0 Å². The highest BCUT2D eigenvalue weighted by molar-refractivity contribution is 5.96. The summed E-state index contributed by atoms with van der Waals surface area (Å²) in [5.41, 5.74) is 0.513. The number of carbonyl (C=O) groups is 1. The summed E-state index contributed by atoms with van der Waals surface area (Å²) in [5.74, 6) is 0.523. The minimum Gasteiger partial charge on any atom is -0.350 e. The molecule has 4 heteroatoms. The van der Waals surface area contributed by atoms with Gasteiger partial charge >= 0.3 is 0 Å². The molecule has 0 unspecified atom stereocenters. The second-order valence-corrected chi connectivity index (χ2v) is 7.21. The van der Waals surface area contributed by atoms with E-state index in [-0.39, 0.29) is 5.91 Å². The average molecular weight is 323 g/mol. The molecule has 1 aromatic carbocycles. The van der Waals surface area contributed by atoms with Crippen LogP contribution in [0.1, 0.15) is 42.6 Å². The second kappa shape index (κ2) is 6.89. The summed E-state index contributed by atoms with van der Waals surface area (Å²) >= 11 is 0. The SMILES string of the molecule is O=C(NC[C@@H]1CCN(C2CCCC2)C1)c1cc2ccccc2cn1. The minimum atomic E-state index is -0.0555. The number of hydrogen-bond acceptors (Lipinski definition) is 3. The molecule has 1 aliphatic heterocycles. The van der Waals surface area contributed by atoms with Gasteiger partial charge in [-0.2, -0.15) is 0 Å². The third-order valence-corrected chi connectivity index (χ3v) is 5.57. The van der Waals surface area contributed by atoms with Crippen LogP contribution in [0.4, 0.5) is 0 Å². The standard InChI is InChI=1S/C20H25N3O/c24-20(19-11-16-5-1-2-6-17(16)13-21-19)22-12-15-9-10-23(14-15)18-7-3-4-8-18/h1-2,5-6,11,13,15,18H,3-4,7-10,12,14H2,(H,22,24)/t15-/m0/s1. The van der Waals surface area contributed by atoms with Crippen molar-refractivity contribution < 1.29 is 4.79 Å². The van der Waals surface area contributed by atoms with E-state index in [0.29, 0.717) is 11.6 Å². The lowest BCUT2D eigenvalue weighted by Gasteiger charge is -2.23. The number of rotatable bonds is 4. The molecule has 1 amide bonds. The van der Waals surface area contributed by atoms with Crippen molar-refractivity contribution in [3.63, 3.8) is 0 Å². The van der Waals surface area contributed by atoms with Crippen molar-refractivity contribution in [3.8, 4) is 0 Å². The molecule has 0 bridgehead atoms. The number of aromatic nitrogens is 1. The molecule has 2 fully saturated rings. The molecular formula is C20H25N3O. The lowest BCUT2D eigenvalue weighted by molar-refractivity contribution is 0.0942. The third kappa shape index (κ3) is 3.29. The molecule has 24 heavy (non-hydrogen) atoms. The number of likely N-dealkylation sites (tertiary alicyclic amines) is 1. The molecule has 2 aromatic rings. The average Bonchev–Trinajstić information content (AvgIpc) is 3.30. The maximum Gasteiger partial charge on any atom is 0.269 e. The zero-order chi connectivity index (χ0) is 16.4. The van der Waals surface area contributed by atoms with E-state index in [4.69, 9.17) is 0 Å². The van der Waals surface area contributed by atoms with Crippen LogP contribution in [0.2, 0.25) is 0 Å². The van der Waals surface area contributed by atoms with Gasteiger partial charge in [-0.3, -0.25) is 9.78 Å². The van der Waals surface area contributed by atoms with Crippen LogP contribution in [0.25, 0.3) is 10.8 Å². The molecule has 2 heterocycles. The van der Waals surface area contributed by atoms with Crippen molar-refractivity contribution in [2.75, 3.05) is 19.6 Å². The Bertz CT molecular complexity index is 724. The molecule has 0 radical (unpaired) electrons. The molecule has 1 atom stereocenters. The number of hydrogen-bond donors (Lipinski definition) is 1. The summed E-state index contributed by atoms with van der Waals surface area (Å²) in [7, 11) is 0. The van der Waals surface area contributed by atoms with Crippen LogP contribution in [0.15, 0.2) is 36.5 Å². The van der Waals surface area contributed by atoms with Crippen molar-refractivity contribution in [3.05, 3.63) is 42.2 Å². The van der Waals surface area contributed by atoms with Gasteiger partial charge in [0.15, 0.2) is 0 Å². The molecule has 1 saturated heterocycles.